The lowest BCUT2D eigenvalue weighted by Gasteiger charge is -2.17. The van der Waals surface area contributed by atoms with E-state index >= 15 is 0 Å². The van der Waals surface area contributed by atoms with Crippen molar-refractivity contribution in [3.8, 4) is 0 Å². The maximum Gasteiger partial charge on any atom is 0.389 e. The topological polar surface area (TPSA) is 43.4 Å². The lowest BCUT2D eigenvalue weighted by molar-refractivity contribution is -0.156. The number of alkyl halides is 2. The Hall–Kier alpha value is -1.43. The molecular formula is C12H12F2O3S. The minimum Gasteiger partial charge on any atom is -0.464 e. The zero-order chi connectivity index (χ0) is 13.8. The minimum absolute atomic E-state index is 0.0199. The highest BCUT2D eigenvalue weighted by Crippen LogP contribution is 2.35. The number of ether oxygens (including phenoxy) is 1. The van der Waals surface area contributed by atoms with E-state index in [4.69, 9.17) is 0 Å². The number of benzene rings is 1. The van der Waals surface area contributed by atoms with Crippen molar-refractivity contribution >= 4 is 23.5 Å². The van der Waals surface area contributed by atoms with E-state index in [9.17, 15) is 18.4 Å². The average Bonchev–Trinajstić information content (AvgIpc) is 2.37. The summed E-state index contributed by atoms with van der Waals surface area (Å²) in [5.41, 5.74) is 0.332. The summed E-state index contributed by atoms with van der Waals surface area (Å²) >= 11 is -0.0199. The molecule has 0 saturated heterocycles. The van der Waals surface area contributed by atoms with Gasteiger partial charge in [-0.1, -0.05) is 42.1 Å². The van der Waals surface area contributed by atoms with Crippen LogP contribution in [-0.4, -0.2) is 29.4 Å². The molecule has 0 aliphatic carbocycles. The van der Waals surface area contributed by atoms with Gasteiger partial charge in [0.15, 0.2) is 5.78 Å². The van der Waals surface area contributed by atoms with Crippen LogP contribution in [0.15, 0.2) is 30.3 Å². The fourth-order valence-electron chi connectivity index (χ4n) is 1.28. The van der Waals surface area contributed by atoms with Crippen molar-refractivity contribution in [3.05, 3.63) is 35.9 Å². The molecule has 1 rings (SSSR count). The van der Waals surface area contributed by atoms with Gasteiger partial charge >= 0.3 is 11.2 Å². The number of Topliss-reactive ketones (excluding diaryl/α,β-unsaturated/α-hetero) is 1. The molecule has 1 atom stereocenters. The van der Waals surface area contributed by atoms with E-state index in [2.05, 4.69) is 4.74 Å². The number of rotatable bonds is 5. The van der Waals surface area contributed by atoms with E-state index in [1.165, 1.54) is 19.1 Å². The second-order valence-corrected chi connectivity index (χ2v) is 4.95. The first-order valence-corrected chi connectivity index (χ1v) is 5.99. The van der Waals surface area contributed by atoms with Crippen LogP contribution in [0.2, 0.25) is 0 Å². The lowest BCUT2D eigenvalue weighted by atomic mass is 10.1. The summed E-state index contributed by atoms with van der Waals surface area (Å²) in [6.07, 6.45) is 0. The number of carbonyl (C=O) groups is 2. The van der Waals surface area contributed by atoms with E-state index in [0.29, 0.717) is 5.56 Å². The highest BCUT2D eigenvalue weighted by Gasteiger charge is 2.43. The molecule has 1 unspecified atom stereocenters. The van der Waals surface area contributed by atoms with Crippen LogP contribution >= 0.6 is 11.8 Å². The minimum atomic E-state index is -3.72. The first-order valence-electron chi connectivity index (χ1n) is 5.12. The fraction of sp³-hybridized carbons (Fsp3) is 0.333. The zero-order valence-corrected chi connectivity index (χ0v) is 10.7. The highest BCUT2D eigenvalue weighted by molar-refractivity contribution is 8.02. The monoisotopic (exact) mass is 274 g/mol. The number of ketones is 1. The van der Waals surface area contributed by atoms with Crippen LogP contribution in [0.4, 0.5) is 8.78 Å². The number of hydrogen-bond acceptors (Lipinski definition) is 4. The van der Waals surface area contributed by atoms with Crippen molar-refractivity contribution in [3.63, 3.8) is 0 Å². The van der Waals surface area contributed by atoms with Crippen LogP contribution in [0.3, 0.4) is 0 Å². The van der Waals surface area contributed by atoms with Crippen molar-refractivity contribution < 1.29 is 23.1 Å². The van der Waals surface area contributed by atoms with Crippen molar-refractivity contribution in [2.24, 2.45) is 0 Å². The maximum atomic E-state index is 13.3. The molecule has 98 valence electrons. The Bertz CT molecular complexity index is 434. The van der Waals surface area contributed by atoms with Crippen LogP contribution in [-0.2, 0) is 9.53 Å². The molecule has 3 nitrogen and oxygen atoms in total. The molecule has 0 aliphatic heterocycles. The highest BCUT2D eigenvalue weighted by atomic mass is 32.2. The number of methoxy groups -OCH3 is 1. The molecule has 0 N–H and O–H groups in total. The van der Waals surface area contributed by atoms with Crippen molar-refractivity contribution in [1.82, 2.24) is 0 Å². The van der Waals surface area contributed by atoms with Crippen LogP contribution in [0.1, 0.15) is 17.3 Å². The Kier molecular flexibility index (Phi) is 4.84. The largest absolute Gasteiger partial charge is 0.464 e. The van der Waals surface area contributed by atoms with Gasteiger partial charge in [-0.3, -0.25) is 4.79 Å². The molecule has 1 aromatic carbocycles. The van der Waals surface area contributed by atoms with Gasteiger partial charge in [0.2, 0.25) is 0 Å². The number of carbonyl (C=O) groups excluding carboxylic acids is 2. The van der Waals surface area contributed by atoms with Gasteiger partial charge in [-0.15, -0.1) is 0 Å². The van der Waals surface area contributed by atoms with Gasteiger partial charge in [-0.2, -0.15) is 8.78 Å². The lowest BCUT2D eigenvalue weighted by Crippen LogP contribution is -2.30. The SMILES string of the molecule is COC(=O)C(F)(F)SC(C)C(=O)c1ccccc1. The summed E-state index contributed by atoms with van der Waals surface area (Å²) in [5.74, 6) is -2.11. The summed E-state index contributed by atoms with van der Waals surface area (Å²) in [5, 5.41) is -4.76. The third-order valence-corrected chi connectivity index (χ3v) is 3.21. The van der Waals surface area contributed by atoms with Gasteiger partial charge in [-0.25, -0.2) is 4.79 Å². The molecule has 18 heavy (non-hydrogen) atoms. The normalized spacial score (nSPS) is 12.9. The van der Waals surface area contributed by atoms with Gasteiger partial charge in [-0.05, 0) is 6.92 Å². The Labute approximate surface area is 108 Å². The van der Waals surface area contributed by atoms with E-state index in [-0.39, 0.29) is 11.8 Å². The van der Waals surface area contributed by atoms with Gasteiger partial charge in [0.1, 0.15) is 0 Å². The predicted octanol–water partition coefficient (Wildman–Crippen LogP) is 2.76. The quantitative estimate of drug-likeness (QED) is 0.611. The molecule has 0 aromatic heterocycles. The fourth-order valence-corrected chi connectivity index (χ4v) is 2.15. The maximum absolute atomic E-state index is 13.3. The van der Waals surface area contributed by atoms with Crippen LogP contribution in [0.5, 0.6) is 0 Å². The van der Waals surface area contributed by atoms with Crippen molar-refractivity contribution in [2.45, 2.75) is 17.4 Å². The van der Waals surface area contributed by atoms with Gasteiger partial charge in [0.25, 0.3) is 0 Å². The third-order valence-electron chi connectivity index (χ3n) is 2.18. The van der Waals surface area contributed by atoms with Crippen LogP contribution in [0.25, 0.3) is 0 Å². The molecule has 0 aliphatic rings. The molecule has 0 amide bonds. The molecular weight excluding hydrogens is 262 g/mol. The average molecular weight is 274 g/mol. The Balaban J connectivity index is 2.75. The molecule has 0 bridgehead atoms. The molecule has 6 heteroatoms. The Morgan fingerprint density at radius 2 is 1.83 bits per heavy atom. The summed E-state index contributed by atoms with van der Waals surface area (Å²) in [4.78, 5) is 22.7. The van der Waals surface area contributed by atoms with Crippen LogP contribution in [0, 0.1) is 0 Å². The van der Waals surface area contributed by atoms with E-state index in [1.807, 2.05) is 0 Å². The molecule has 1 aromatic rings. The second-order valence-electron chi connectivity index (χ2n) is 3.50. The number of esters is 1. The van der Waals surface area contributed by atoms with Gasteiger partial charge in [0, 0.05) is 5.56 Å². The van der Waals surface area contributed by atoms with E-state index in [0.717, 1.165) is 7.11 Å². The van der Waals surface area contributed by atoms with Gasteiger partial charge < -0.3 is 4.74 Å². The molecule has 0 radical (unpaired) electrons. The molecule has 0 fully saturated rings. The van der Waals surface area contributed by atoms with Crippen LogP contribution < -0.4 is 0 Å². The predicted molar refractivity (Wildman–Crippen MR) is 64.8 cm³/mol. The number of hydrogen-bond donors (Lipinski definition) is 0. The second kappa shape index (κ2) is 5.95. The first kappa shape index (κ1) is 14.6. The van der Waals surface area contributed by atoms with Crippen molar-refractivity contribution in [1.29, 1.82) is 0 Å². The zero-order valence-electron chi connectivity index (χ0n) is 9.85. The third kappa shape index (κ3) is 3.53. The smallest absolute Gasteiger partial charge is 0.389 e. The van der Waals surface area contributed by atoms with Crippen molar-refractivity contribution in [2.75, 3.05) is 7.11 Å². The molecule has 0 saturated carbocycles. The van der Waals surface area contributed by atoms with E-state index < -0.39 is 22.3 Å². The summed E-state index contributed by atoms with van der Waals surface area (Å²) in [6.45, 7) is 1.33. The first-order chi connectivity index (χ1) is 8.38. The number of thioether (sulfide) groups is 1. The summed E-state index contributed by atoms with van der Waals surface area (Å²) in [6, 6.07) is 8.08. The van der Waals surface area contributed by atoms with Gasteiger partial charge in [0.05, 0.1) is 12.4 Å². The Morgan fingerprint density at radius 1 is 1.28 bits per heavy atom. The molecule has 0 heterocycles. The summed E-state index contributed by atoms with van der Waals surface area (Å²) in [7, 11) is 0.875. The Morgan fingerprint density at radius 3 is 2.33 bits per heavy atom. The van der Waals surface area contributed by atoms with E-state index in [1.54, 1.807) is 18.2 Å². The summed E-state index contributed by atoms with van der Waals surface area (Å²) < 4.78 is 30.5. The molecule has 0 spiro atoms. The number of halogens is 2. The standard InChI is InChI=1S/C12H12F2O3S/c1-8(18-12(13,14)11(16)17-2)10(15)9-6-4-3-5-7-9/h3-8H,1-2H3.